The van der Waals surface area contributed by atoms with Crippen molar-refractivity contribution in [2.45, 2.75) is 6.18 Å². The number of alkyl halides is 3. The molecule has 0 spiro atoms. The van der Waals surface area contributed by atoms with Crippen LogP contribution >= 0.6 is 0 Å². The maximum absolute atomic E-state index is 12.6. The first-order valence-corrected chi connectivity index (χ1v) is 7.28. The normalized spacial score (nSPS) is 11.4. The molecule has 0 bridgehead atoms. The van der Waals surface area contributed by atoms with Gasteiger partial charge in [0.25, 0.3) is 5.91 Å². The van der Waals surface area contributed by atoms with Crippen LogP contribution in [0.5, 0.6) is 11.5 Å². The number of primary amides is 1. The average molecular weight is 380 g/mol. The molecule has 5 N–H and O–H groups in total. The van der Waals surface area contributed by atoms with Crippen LogP contribution in [0.1, 0.15) is 15.9 Å². The van der Waals surface area contributed by atoms with Gasteiger partial charge in [-0.1, -0.05) is 12.1 Å². The van der Waals surface area contributed by atoms with E-state index < -0.39 is 34.7 Å². The molecule has 3 rings (SSSR count). The molecule has 0 unspecified atom stereocenters. The van der Waals surface area contributed by atoms with E-state index in [0.29, 0.717) is 5.56 Å². The van der Waals surface area contributed by atoms with Gasteiger partial charge in [-0.05, 0) is 12.1 Å². The largest absolute Gasteiger partial charge is 0.505 e. The number of oxazole rings is 1. The average Bonchev–Trinajstić information content (AvgIpc) is 3.05. The van der Waals surface area contributed by atoms with Gasteiger partial charge in [-0.15, -0.1) is 0 Å². The van der Waals surface area contributed by atoms with Crippen molar-refractivity contribution in [2.75, 3.05) is 5.32 Å². The van der Waals surface area contributed by atoms with Crippen molar-refractivity contribution in [1.29, 1.82) is 0 Å². The fraction of sp³-hybridized carbons (Fsp3) is 0.0625. The summed E-state index contributed by atoms with van der Waals surface area (Å²) in [6.45, 7) is 0. The smallest absolute Gasteiger partial charge is 0.416 e. The zero-order valence-corrected chi connectivity index (χ0v) is 13.3. The van der Waals surface area contributed by atoms with E-state index in [1.807, 2.05) is 0 Å². The molecular formula is C16H11F3N4O4. The van der Waals surface area contributed by atoms with E-state index in [9.17, 15) is 28.2 Å². The van der Waals surface area contributed by atoms with Crippen molar-refractivity contribution in [3.8, 4) is 22.8 Å². The number of anilines is 2. The van der Waals surface area contributed by atoms with Gasteiger partial charge in [-0.2, -0.15) is 13.2 Å². The minimum absolute atomic E-state index is 0.152. The number of benzene rings is 1. The molecule has 2 aromatic heterocycles. The molecule has 3 aromatic rings. The topological polar surface area (TPSA) is 134 Å². The molecule has 2 heterocycles. The highest BCUT2D eigenvalue weighted by Gasteiger charge is 2.30. The van der Waals surface area contributed by atoms with Gasteiger partial charge in [0.15, 0.2) is 23.1 Å². The number of hydrogen-bond acceptors (Lipinski definition) is 7. The third-order valence-electron chi connectivity index (χ3n) is 3.51. The first kappa shape index (κ1) is 18.0. The van der Waals surface area contributed by atoms with Gasteiger partial charge in [0.2, 0.25) is 0 Å². The lowest BCUT2D eigenvalue weighted by Crippen LogP contribution is -2.12. The van der Waals surface area contributed by atoms with Gasteiger partial charge in [0.1, 0.15) is 5.56 Å². The van der Waals surface area contributed by atoms with E-state index >= 15 is 0 Å². The van der Waals surface area contributed by atoms with Crippen molar-refractivity contribution in [3.05, 3.63) is 47.8 Å². The second-order valence-corrected chi connectivity index (χ2v) is 5.31. The molecule has 140 valence electrons. The van der Waals surface area contributed by atoms with E-state index in [4.69, 9.17) is 10.2 Å². The molecule has 11 heteroatoms. The van der Waals surface area contributed by atoms with E-state index in [0.717, 1.165) is 18.3 Å². The maximum atomic E-state index is 12.6. The number of halogens is 3. The Hall–Kier alpha value is -3.76. The van der Waals surface area contributed by atoms with Crippen LogP contribution in [0.4, 0.5) is 25.0 Å². The summed E-state index contributed by atoms with van der Waals surface area (Å²) in [5, 5.41) is 22.0. The van der Waals surface area contributed by atoms with Crippen molar-refractivity contribution in [2.24, 2.45) is 5.73 Å². The number of nitrogens with two attached hydrogens (primary N) is 1. The summed E-state index contributed by atoms with van der Waals surface area (Å²) >= 11 is 0. The quantitative estimate of drug-likeness (QED) is 0.546. The summed E-state index contributed by atoms with van der Waals surface area (Å²) in [5.41, 5.74) is 4.06. The first-order valence-electron chi connectivity index (χ1n) is 7.28. The van der Waals surface area contributed by atoms with E-state index in [1.54, 1.807) is 0 Å². The Labute approximate surface area is 149 Å². The Kier molecular flexibility index (Phi) is 4.35. The van der Waals surface area contributed by atoms with Gasteiger partial charge in [0, 0.05) is 5.56 Å². The van der Waals surface area contributed by atoms with E-state index in [2.05, 4.69) is 15.3 Å². The molecule has 0 atom stereocenters. The van der Waals surface area contributed by atoms with Crippen molar-refractivity contribution < 1.29 is 32.6 Å². The lowest BCUT2D eigenvalue weighted by molar-refractivity contribution is -0.137. The Morgan fingerprint density at radius 2 is 1.78 bits per heavy atom. The summed E-state index contributed by atoms with van der Waals surface area (Å²) in [6, 6.07) is 4.08. The van der Waals surface area contributed by atoms with Crippen LogP contribution in [0.3, 0.4) is 0 Å². The third kappa shape index (κ3) is 3.61. The number of nitrogens with zero attached hydrogens (tertiary/aromatic N) is 2. The zero-order chi connectivity index (χ0) is 19.8. The number of pyridine rings is 1. The minimum Gasteiger partial charge on any atom is -0.505 e. The number of carbonyl (C=O) groups excluding carboxylic acids is 1. The number of carbonyl (C=O) groups is 1. The standard InChI is InChI=1S/C16H11F3N4O4/c17-16(18,19)8-3-1-7(2-4-8)10-6-22-15(27-10)23-14-12(25)11(13(20)26)9(24)5-21-14/h1-6,24-25H,(H2,20,26)(H,21,22,23). The molecular weight excluding hydrogens is 369 g/mol. The molecule has 0 fully saturated rings. The lowest BCUT2D eigenvalue weighted by atomic mass is 10.1. The number of hydrogen-bond donors (Lipinski definition) is 4. The second kappa shape index (κ2) is 6.52. The number of rotatable bonds is 4. The van der Waals surface area contributed by atoms with E-state index in [-0.39, 0.29) is 17.6 Å². The van der Waals surface area contributed by atoms with Crippen LogP contribution < -0.4 is 11.1 Å². The maximum Gasteiger partial charge on any atom is 0.416 e. The number of aromatic nitrogens is 2. The van der Waals surface area contributed by atoms with Crippen LogP contribution in [0.2, 0.25) is 0 Å². The third-order valence-corrected chi connectivity index (χ3v) is 3.51. The SMILES string of the molecule is NC(=O)c1c(O)cnc(Nc2ncc(-c3ccc(C(F)(F)F)cc3)o2)c1O. The Bertz CT molecular complexity index is 1000. The molecule has 0 saturated carbocycles. The molecule has 1 aromatic carbocycles. The molecule has 8 nitrogen and oxygen atoms in total. The van der Waals surface area contributed by atoms with Gasteiger partial charge in [-0.3, -0.25) is 10.1 Å². The lowest BCUT2D eigenvalue weighted by Gasteiger charge is -2.08. The van der Waals surface area contributed by atoms with Gasteiger partial charge >= 0.3 is 12.2 Å². The molecule has 1 amide bonds. The van der Waals surface area contributed by atoms with Crippen LogP contribution in [0, 0.1) is 0 Å². The molecule has 27 heavy (non-hydrogen) atoms. The highest BCUT2D eigenvalue weighted by molar-refractivity contribution is 5.99. The van der Waals surface area contributed by atoms with Crippen LogP contribution in [0.25, 0.3) is 11.3 Å². The fourth-order valence-corrected chi connectivity index (χ4v) is 2.22. The summed E-state index contributed by atoms with van der Waals surface area (Å²) in [5.74, 6) is -2.50. The van der Waals surface area contributed by atoms with Crippen LogP contribution in [-0.4, -0.2) is 26.1 Å². The highest BCUT2D eigenvalue weighted by atomic mass is 19.4. The molecule has 0 aliphatic rings. The Morgan fingerprint density at radius 3 is 2.37 bits per heavy atom. The predicted molar refractivity (Wildman–Crippen MR) is 86.3 cm³/mol. The number of amides is 1. The van der Waals surface area contributed by atoms with Crippen molar-refractivity contribution in [1.82, 2.24) is 9.97 Å². The summed E-state index contributed by atoms with van der Waals surface area (Å²) < 4.78 is 43.1. The van der Waals surface area contributed by atoms with Gasteiger partial charge in [-0.25, -0.2) is 9.97 Å². The van der Waals surface area contributed by atoms with Crippen LogP contribution in [0.15, 0.2) is 41.1 Å². The highest BCUT2D eigenvalue weighted by Crippen LogP contribution is 2.34. The molecule has 0 aliphatic heterocycles. The zero-order valence-electron chi connectivity index (χ0n) is 13.3. The summed E-state index contributed by atoms with van der Waals surface area (Å²) in [4.78, 5) is 18.8. The molecule has 0 saturated heterocycles. The fourth-order valence-electron chi connectivity index (χ4n) is 2.22. The molecule has 0 radical (unpaired) electrons. The molecule has 0 aliphatic carbocycles. The predicted octanol–water partition coefficient (Wildman–Crippen LogP) is 3.01. The van der Waals surface area contributed by atoms with Crippen molar-refractivity contribution in [3.63, 3.8) is 0 Å². The van der Waals surface area contributed by atoms with Crippen LogP contribution in [-0.2, 0) is 6.18 Å². The minimum atomic E-state index is -4.45. The van der Waals surface area contributed by atoms with Gasteiger partial charge in [0.05, 0.1) is 18.0 Å². The summed E-state index contributed by atoms with van der Waals surface area (Å²) in [7, 11) is 0. The monoisotopic (exact) mass is 380 g/mol. The van der Waals surface area contributed by atoms with Crippen molar-refractivity contribution >= 4 is 17.7 Å². The van der Waals surface area contributed by atoms with E-state index in [1.165, 1.54) is 18.3 Å². The second-order valence-electron chi connectivity index (χ2n) is 5.31. The van der Waals surface area contributed by atoms with Gasteiger partial charge < -0.3 is 20.4 Å². The Morgan fingerprint density at radius 1 is 1.11 bits per heavy atom. The first-order chi connectivity index (χ1) is 12.7. The number of aromatic hydroxyl groups is 2. The Balaban J connectivity index is 1.85. The summed E-state index contributed by atoms with van der Waals surface area (Å²) in [6.07, 6.45) is -2.31. The number of nitrogens with one attached hydrogen (secondary N) is 1.